The SMILES string of the molecule is Cn1nc(C(C)(C)C)c2nc(N(CCC(C)(C)C)CC3CCNCC3)[nH]c(=O)c21. The van der Waals surface area contributed by atoms with E-state index < -0.39 is 0 Å². The van der Waals surface area contributed by atoms with Crippen molar-refractivity contribution in [1.82, 2.24) is 25.1 Å². The molecule has 0 aromatic carbocycles. The molecule has 0 saturated carbocycles. The fourth-order valence-electron chi connectivity index (χ4n) is 3.95. The Morgan fingerprint density at radius 2 is 1.79 bits per heavy atom. The molecule has 0 bridgehead atoms. The van der Waals surface area contributed by atoms with Gasteiger partial charge >= 0.3 is 0 Å². The highest BCUT2D eigenvalue weighted by atomic mass is 16.1. The predicted molar refractivity (Wildman–Crippen MR) is 120 cm³/mol. The predicted octanol–water partition coefficient (Wildman–Crippen LogP) is 3.20. The van der Waals surface area contributed by atoms with Crippen LogP contribution in [0.4, 0.5) is 5.95 Å². The number of nitrogens with zero attached hydrogens (tertiary/aromatic N) is 4. The molecule has 162 valence electrons. The van der Waals surface area contributed by atoms with Gasteiger partial charge in [-0.25, -0.2) is 4.98 Å². The third-order valence-corrected chi connectivity index (χ3v) is 5.76. The Morgan fingerprint density at radius 1 is 1.14 bits per heavy atom. The standard InChI is InChI=1S/C22H38N6O/c1-21(2,3)10-13-28(14-15-8-11-23-12-9-15)20-24-16-17(19(29)25-20)27(7)26-18(16)22(4,5)6/h15,23H,8-14H2,1-7H3,(H,24,25,29). The fraction of sp³-hybridized carbons (Fsp3) is 0.773. The number of piperidine rings is 1. The van der Waals surface area contributed by atoms with Crippen molar-refractivity contribution < 1.29 is 0 Å². The van der Waals surface area contributed by atoms with Crippen LogP contribution in [-0.2, 0) is 12.5 Å². The first-order valence-corrected chi connectivity index (χ1v) is 10.9. The molecule has 3 rings (SSSR count). The lowest BCUT2D eigenvalue weighted by Crippen LogP contribution is -2.39. The largest absolute Gasteiger partial charge is 0.342 e. The molecule has 0 unspecified atom stereocenters. The Labute approximate surface area is 174 Å². The second-order valence-corrected chi connectivity index (χ2v) is 10.8. The topological polar surface area (TPSA) is 78.8 Å². The smallest absolute Gasteiger partial charge is 0.278 e. The Morgan fingerprint density at radius 3 is 2.38 bits per heavy atom. The summed E-state index contributed by atoms with van der Waals surface area (Å²) < 4.78 is 1.66. The van der Waals surface area contributed by atoms with Crippen LogP contribution in [0.5, 0.6) is 0 Å². The van der Waals surface area contributed by atoms with Crippen LogP contribution in [0.3, 0.4) is 0 Å². The first kappa shape index (κ1) is 21.8. The molecule has 0 radical (unpaired) electrons. The van der Waals surface area contributed by atoms with Gasteiger partial charge in [-0.05, 0) is 43.7 Å². The number of H-pyrrole nitrogens is 1. The molecule has 29 heavy (non-hydrogen) atoms. The lowest BCUT2D eigenvalue weighted by molar-refractivity contribution is 0.347. The van der Waals surface area contributed by atoms with Gasteiger partial charge in [0, 0.05) is 25.6 Å². The Hall–Kier alpha value is -1.89. The van der Waals surface area contributed by atoms with Crippen molar-refractivity contribution >= 4 is 17.0 Å². The summed E-state index contributed by atoms with van der Waals surface area (Å²) in [5, 5.41) is 8.07. The maximum atomic E-state index is 13.0. The molecule has 3 heterocycles. The molecule has 0 aliphatic carbocycles. The van der Waals surface area contributed by atoms with Crippen molar-refractivity contribution in [2.75, 3.05) is 31.1 Å². The molecule has 0 spiro atoms. The van der Waals surface area contributed by atoms with Crippen molar-refractivity contribution in [3.8, 4) is 0 Å². The average Bonchev–Trinajstić information content (AvgIpc) is 2.96. The van der Waals surface area contributed by atoms with Crippen molar-refractivity contribution in [1.29, 1.82) is 0 Å². The molecular formula is C22H38N6O. The monoisotopic (exact) mass is 402 g/mol. The van der Waals surface area contributed by atoms with E-state index in [1.54, 1.807) is 4.68 Å². The van der Waals surface area contributed by atoms with Crippen LogP contribution in [0, 0.1) is 11.3 Å². The van der Waals surface area contributed by atoms with E-state index in [0.29, 0.717) is 17.4 Å². The summed E-state index contributed by atoms with van der Waals surface area (Å²) in [5.74, 6) is 1.30. The quantitative estimate of drug-likeness (QED) is 0.803. The lowest BCUT2D eigenvalue weighted by Gasteiger charge is -2.32. The number of hydrogen-bond acceptors (Lipinski definition) is 5. The van der Waals surface area contributed by atoms with Crippen molar-refractivity contribution in [3.05, 3.63) is 16.0 Å². The van der Waals surface area contributed by atoms with Gasteiger partial charge in [-0.2, -0.15) is 5.10 Å². The first-order chi connectivity index (χ1) is 13.5. The van der Waals surface area contributed by atoms with Gasteiger partial charge in [-0.15, -0.1) is 0 Å². The number of fused-ring (bicyclic) bond motifs is 1. The molecule has 2 N–H and O–H groups in total. The number of aryl methyl sites for hydroxylation is 1. The Kier molecular flexibility index (Phi) is 6.08. The van der Waals surface area contributed by atoms with Crippen molar-refractivity contribution in [3.63, 3.8) is 0 Å². The molecule has 1 aliphatic heterocycles. The molecule has 0 atom stereocenters. The molecular weight excluding hydrogens is 364 g/mol. The van der Waals surface area contributed by atoms with Gasteiger partial charge in [0.25, 0.3) is 5.56 Å². The fourth-order valence-corrected chi connectivity index (χ4v) is 3.95. The lowest BCUT2D eigenvalue weighted by atomic mass is 9.91. The van der Waals surface area contributed by atoms with Gasteiger partial charge in [0.15, 0.2) is 5.52 Å². The van der Waals surface area contributed by atoms with E-state index >= 15 is 0 Å². The summed E-state index contributed by atoms with van der Waals surface area (Å²) in [6.07, 6.45) is 3.37. The first-order valence-electron chi connectivity index (χ1n) is 10.9. The third-order valence-electron chi connectivity index (χ3n) is 5.76. The van der Waals surface area contributed by atoms with Gasteiger partial charge < -0.3 is 10.2 Å². The number of nitrogens with one attached hydrogen (secondary N) is 2. The molecule has 7 heteroatoms. The van der Waals surface area contributed by atoms with Crippen LogP contribution in [0.2, 0.25) is 0 Å². The maximum absolute atomic E-state index is 13.0. The molecule has 1 fully saturated rings. The van der Waals surface area contributed by atoms with E-state index in [0.717, 1.165) is 43.8 Å². The molecule has 1 saturated heterocycles. The van der Waals surface area contributed by atoms with E-state index in [-0.39, 0.29) is 16.4 Å². The Balaban J connectivity index is 2.02. The van der Waals surface area contributed by atoms with Crippen molar-refractivity contribution in [2.24, 2.45) is 18.4 Å². The average molecular weight is 403 g/mol. The number of aromatic amines is 1. The number of aromatic nitrogens is 4. The normalized spacial score (nSPS) is 16.5. The molecule has 7 nitrogen and oxygen atoms in total. The zero-order valence-corrected chi connectivity index (χ0v) is 19.2. The van der Waals surface area contributed by atoms with Crippen LogP contribution >= 0.6 is 0 Å². The van der Waals surface area contributed by atoms with E-state index in [1.165, 1.54) is 12.8 Å². The van der Waals surface area contributed by atoms with Crippen LogP contribution in [0.25, 0.3) is 11.0 Å². The van der Waals surface area contributed by atoms with Gasteiger partial charge in [-0.3, -0.25) is 14.5 Å². The van der Waals surface area contributed by atoms with Gasteiger partial charge in [0.1, 0.15) is 5.52 Å². The molecule has 0 amide bonds. The second kappa shape index (κ2) is 8.09. The van der Waals surface area contributed by atoms with E-state index in [2.05, 4.69) is 61.8 Å². The van der Waals surface area contributed by atoms with Crippen LogP contribution in [-0.4, -0.2) is 45.9 Å². The van der Waals surface area contributed by atoms with Gasteiger partial charge in [0.2, 0.25) is 5.95 Å². The molecule has 2 aromatic heterocycles. The number of anilines is 1. The minimum atomic E-state index is -0.178. The van der Waals surface area contributed by atoms with Crippen molar-refractivity contribution in [2.45, 2.75) is 66.2 Å². The molecule has 1 aliphatic rings. The van der Waals surface area contributed by atoms with Crippen LogP contribution in [0.15, 0.2) is 4.79 Å². The van der Waals surface area contributed by atoms with E-state index in [9.17, 15) is 4.79 Å². The zero-order chi connectivity index (χ0) is 21.4. The molecule has 2 aromatic rings. The summed E-state index contributed by atoms with van der Waals surface area (Å²) in [7, 11) is 1.82. The van der Waals surface area contributed by atoms with Gasteiger partial charge in [0.05, 0.1) is 5.69 Å². The minimum absolute atomic E-state index is 0.110. The van der Waals surface area contributed by atoms with E-state index in [1.807, 2.05) is 7.05 Å². The highest BCUT2D eigenvalue weighted by Gasteiger charge is 2.27. The Bertz CT molecular complexity index is 893. The van der Waals surface area contributed by atoms with E-state index in [4.69, 9.17) is 4.98 Å². The second-order valence-electron chi connectivity index (χ2n) is 10.8. The summed E-state index contributed by atoms with van der Waals surface area (Å²) in [5.41, 5.74) is 2.09. The highest BCUT2D eigenvalue weighted by Crippen LogP contribution is 2.28. The highest BCUT2D eigenvalue weighted by molar-refractivity contribution is 5.78. The summed E-state index contributed by atoms with van der Waals surface area (Å²) in [4.78, 5) is 23.3. The number of hydrogen-bond donors (Lipinski definition) is 2. The van der Waals surface area contributed by atoms with Gasteiger partial charge in [-0.1, -0.05) is 41.5 Å². The minimum Gasteiger partial charge on any atom is -0.342 e. The third kappa shape index (κ3) is 5.18. The summed E-state index contributed by atoms with van der Waals surface area (Å²) in [6.45, 7) is 17.1. The summed E-state index contributed by atoms with van der Waals surface area (Å²) in [6, 6.07) is 0. The maximum Gasteiger partial charge on any atom is 0.278 e. The van der Waals surface area contributed by atoms with Crippen LogP contribution in [0.1, 0.15) is 66.5 Å². The number of rotatable bonds is 5. The van der Waals surface area contributed by atoms with Crippen LogP contribution < -0.4 is 15.8 Å². The summed E-state index contributed by atoms with van der Waals surface area (Å²) >= 11 is 0. The zero-order valence-electron chi connectivity index (χ0n) is 19.2.